The van der Waals surface area contributed by atoms with Crippen molar-refractivity contribution in [1.82, 2.24) is 9.88 Å². The van der Waals surface area contributed by atoms with Gasteiger partial charge in [-0.1, -0.05) is 25.8 Å². The van der Waals surface area contributed by atoms with Crippen LogP contribution < -0.4 is 20.7 Å². The minimum Gasteiger partial charge on any atom is -0.495 e. The highest BCUT2D eigenvalue weighted by Crippen LogP contribution is 2.38. The number of hydrogen-bond donors (Lipinski definition) is 2. The monoisotopic (exact) mass is 548 g/mol. The van der Waals surface area contributed by atoms with Crippen LogP contribution in [0.3, 0.4) is 0 Å². The van der Waals surface area contributed by atoms with Crippen molar-refractivity contribution in [3.63, 3.8) is 0 Å². The van der Waals surface area contributed by atoms with E-state index in [9.17, 15) is 13.2 Å². The van der Waals surface area contributed by atoms with Crippen molar-refractivity contribution < 1.29 is 17.9 Å². The smallest absolute Gasteiger partial charge is 0.393 e. The molecule has 1 saturated heterocycles. The Morgan fingerprint density at radius 1 is 1.19 bits per heavy atom. The van der Waals surface area contributed by atoms with E-state index in [1.807, 2.05) is 18.2 Å². The van der Waals surface area contributed by atoms with Crippen LogP contribution in [0.2, 0.25) is 0 Å². The molecule has 0 amide bonds. The number of aromatic nitrogens is 1. The Kier molecular flexibility index (Phi) is 8.84. The van der Waals surface area contributed by atoms with Crippen molar-refractivity contribution in [1.29, 1.82) is 0 Å². The lowest BCUT2D eigenvalue weighted by Gasteiger charge is -2.30. The number of rotatable bonds is 7. The zero-order chi connectivity index (χ0) is 26.6. The molecule has 37 heavy (non-hydrogen) atoms. The number of methoxy groups -OCH3 is 1. The molecule has 0 spiro atoms. The molecule has 1 aromatic carbocycles. The van der Waals surface area contributed by atoms with Gasteiger partial charge in [-0.15, -0.1) is 11.3 Å². The Bertz CT molecular complexity index is 1290. The fraction of sp³-hybridized carbons (Fsp3) is 0.444. The number of fused-ring (bicyclic) bond motifs is 1. The Balaban J connectivity index is 1.58. The number of nitrogens with zero attached hydrogens (tertiary/aromatic N) is 2. The Labute approximate surface area is 221 Å². The van der Waals surface area contributed by atoms with Crippen LogP contribution in [0, 0.1) is 11.8 Å². The van der Waals surface area contributed by atoms with Gasteiger partial charge in [-0.05, 0) is 69.8 Å². The lowest BCUT2D eigenvalue weighted by atomic mass is 10.1. The largest absolute Gasteiger partial charge is 0.495 e. The minimum absolute atomic E-state index is 0.146. The lowest BCUT2D eigenvalue weighted by molar-refractivity contribution is -0.127. The van der Waals surface area contributed by atoms with Gasteiger partial charge in [0.2, 0.25) is 0 Å². The molecule has 1 aliphatic heterocycles. The molecule has 0 saturated carbocycles. The summed E-state index contributed by atoms with van der Waals surface area (Å²) in [6.07, 6.45) is -1.85. The van der Waals surface area contributed by atoms with Crippen molar-refractivity contribution in [3.05, 3.63) is 40.9 Å². The van der Waals surface area contributed by atoms with Crippen molar-refractivity contribution in [2.24, 2.45) is 0 Å². The van der Waals surface area contributed by atoms with E-state index in [-0.39, 0.29) is 26.1 Å². The molecule has 1 fully saturated rings. The van der Waals surface area contributed by atoms with Crippen molar-refractivity contribution in [3.8, 4) is 17.6 Å². The first kappa shape index (κ1) is 27.5. The van der Waals surface area contributed by atoms with E-state index in [0.717, 1.165) is 47.8 Å². The number of hydrogen-bond acceptors (Lipinski definition) is 6. The Morgan fingerprint density at radius 3 is 2.62 bits per heavy atom. The number of alkyl halides is 3. The summed E-state index contributed by atoms with van der Waals surface area (Å²) in [4.78, 5) is 7.02. The molecule has 1 aliphatic rings. The van der Waals surface area contributed by atoms with Gasteiger partial charge < -0.3 is 20.3 Å². The fourth-order valence-corrected chi connectivity index (χ4v) is 6.23. The molecule has 0 radical (unpaired) electrons. The SMILES string of the molecule is COc1cc(P(C)C)ccc1NCC#Cc1sc2c(NC3CCN(C)CC3)ccnc2c1CC(F)(F)F. The van der Waals surface area contributed by atoms with Crippen molar-refractivity contribution in [2.75, 3.05) is 57.8 Å². The van der Waals surface area contributed by atoms with Gasteiger partial charge in [-0.25, -0.2) is 0 Å². The second-order valence-corrected chi connectivity index (χ2v) is 12.7. The molecule has 198 valence electrons. The highest BCUT2D eigenvalue weighted by molar-refractivity contribution is 7.64. The van der Waals surface area contributed by atoms with Gasteiger partial charge >= 0.3 is 6.18 Å². The second kappa shape index (κ2) is 11.9. The summed E-state index contributed by atoms with van der Waals surface area (Å²) in [6, 6.07) is 8.16. The van der Waals surface area contributed by atoms with E-state index >= 15 is 0 Å². The Hall–Kier alpha value is -2.53. The third-order valence-electron chi connectivity index (χ3n) is 6.39. The van der Waals surface area contributed by atoms with Crippen LogP contribution in [0.15, 0.2) is 30.5 Å². The van der Waals surface area contributed by atoms with Crippen molar-refractivity contribution in [2.45, 2.75) is 31.5 Å². The summed E-state index contributed by atoms with van der Waals surface area (Å²) in [5.41, 5.74) is 2.16. The molecule has 5 nitrogen and oxygen atoms in total. The van der Waals surface area contributed by atoms with E-state index < -0.39 is 12.6 Å². The van der Waals surface area contributed by atoms with Gasteiger partial charge in [0.05, 0.1) is 46.5 Å². The topological polar surface area (TPSA) is 49.4 Å². The molecule has 2 N–H and O–H groups in total. The third-order valence-corrected chi connectivity index (χ3v) is 8.88. The summed E-state index contributed by atoms with van der Waals surface area (Å²) in [7, 11) is 3.47. The van der Waals surface area contributed by atoms with Crippen LogP contribution in [0.1, 0.15) is 23.3 Å². The van der Waals surface area contributed by atoms with Gasteiger partial charge in [0.15, 0.2) is 0 Å². The zero-order valence-electron chi connectivity index (χ0n) is 21.5. The number of likely N-dealkylation sites (tertiary alicyclic amines) is 1. The summed E-state index contributed by atoms with van der Waals surface area (Å²) < 4.78 is 46.7. The standard InChI is InChI=1S/C27H32F3N4OPS/c1-34-14-10-18(11-15-34)33-22-9-13-32-25-20(17-27(28,29)30)24(37-26(22)25)6-5-12-31-21-8-7-19(36(3)4)16-23(21)35-2/h7-9,13,16,18,31H,10-12,14-15,17H2,1-4H3,(H,32,33). The van der Waals surface area contributed by atoms with Gasteiger partial charge in [-0.3, -0.25) is 4.98 Å². The third kappa shape index (κ3) is 7.07. The van der Waals surface area contributed by atoms with E-state index in [1.165, 1.54) is 16.6 Å². The molecular formula is C27H32F3N4OPS. The maximum absolute atomic E-state index is 13.5. The first-order chi connectivity index (χ1) is 17.6. The number of benzene rings is 1. The van der Waals surface area contributed by atoms with Crippen LogP contribution >= 0.6 is 19.3 Å². The Morgan fingerprint density at radius 2 is 1.95 bits per heavy atom. The lowest BCUT2D eigenvalue weighted by Crippen LogP contribution is -2.36. The number of nitrogens with one attached hydrogen (secondary N) is 2. The highest BCUT2D eigenvalue weighted by Gasteiger charge is 2.32. The van der Waals surface area contributed by atoms with Crippen LogP contribution in [0.5, 0.6) is 5.75 Å². The number of thiophene rings is 1. The summed E-state index contributed by atoms with van der Waals surface area (Å²) in [5, 5.41) is 8.01. The molecule has 0 aliphatic carbocycles. The number of pyridine rings is 1. The van der Waals surface area contributed by atoms with Crippen LogP contribution in [0.25, 0.3) is 10.2 Å². The van der Waals surface area contributed by atoms with Gasteiger partial charge in [0.1, 0.15) is 5.75 Å². The van der Waals surface area contributed by atoms with E-state index in [1.54, 1.807) is 13.3 Å². The molecule has 0 atom stereocenters. The van der Waals surface area contributed by atoms with Gasteiger partial charge in [0.25, 0.3) is 0 Å². The number of halogens is 3. The summed E-state index contributed by atoms with van der Waals surface area (Å²) >= 11 is 1.28. The molecule has 10 heteroatoms. The number of piperidine rings is 1. The maximum atomic E-state index is 13.5. The quantitative estimate of drug-likeness (QED) is 0.291. The zero-order valence-corrected chi connectivity index (χ0v) is 23.2. The minimum atomic E-state index is -4.35. The molecule has 3 aromatic rings. The first-order valence-corrected chi connectivity index (χ1v) is 15.2. The molecule has 3 heterocycles. The maximum Gasteiger partial charge on any atom is 0.393 e. The first-order valence-electron chi connectivity index (χ1n) is 12.1. The number of anilines is 2. The second-order valence-electron chi connectivity index (χ2n) is 9.39. The van der Waals surface area contributed by atoms with Gasteiger partial charge in [-0.2, -0.15) is 13.2 Å². The molecule has 0 unspecified atom stereocenters. The molecule has 2 aromatic heterocycles. The molecule has 4 rings (SSSR count). The van der Waals surface area contributed by atoms with E-state index in [2.05, 4.69) is 58.8 Å². The van der Waals surface area contributed by atoms with Crippen LogP contribution in [-0.2, 0) is 6.42 Å². The van der Waals surface area contributed by atoms with Crippen molar-refractivity contribution >= 4 is 46.2 Å². The summed E-state index contributed by atoms with van der Waals surface area (Å²) in [5.74, 6) is 6.73. The highest BCUT2D eigenvalue weighted by atomic mass is 32.1. The normalized spacial score (nSPS) is 15.0. The molecular weight excluding hydrogens is 516 g/mol. The average molecular weight is 549 g/mol. The van der Waals surface area contributed by atoms with Crippen LogP contribution in [0.4, 0.5) is 24.5 Å². The van der Waals surface area contributed by atoms with Crippen LogP contribution in [-0.4, -0.2) is 69.2 Å². The van der Waals surface area contributed by atoms with E-state index in [0.29, 0.717) is 10.4 Å². The predicted molar refractivity (Wildman–Crippen MR) is 150 cm³/mol. The molecule has 0 bridgehead atoms. The number of ether oxygens (including phenoxy) is 1. The summed E-state index contributed by atoms with van der Waals surface area (Å²) in [6.45, 7) is 6.61. The van der Waals surface area contributed by atoms with Gasteiger partial charge in [0, 0.05) is 17.8 Å². The predicted octanol–water partition coefficient (Wildman–Crippen LogP) is 5.75. The van der Waals surface area contributed by atoms with E-state index in [4.69, 9.17) is 4.74 Å². The fourth-order valence-electron chi connectivity index (χ4n) is 4.36. The average Bonchev–Trinajstić information content (AvgIpc) is 3.19.